The molecule has 92 valence electrons. The molecule has 0 bridgehead atoms. The molecule has 0 spiro atoms. The van der Waals surface area contributed by atoms with E-state index in [1.807, 2.05) is 0 Å². The third-order valence-corrected chi connectivity index (χ3v) is 3.58. The van der Waals surface area contributed by atoms with Crippen LogP contribution in [0.15, 0.2) is 11.6 Å². The molecule has 0 radical (unpaired) electrons. The van der Waals surface area contributed by atoms with Gasteiger partial charge in [0.2, 0.25) is 0 Å². The van der Waals surface area contributed by atoms with E-state index in [1.54, 1.807) is 0 Å². The summed E-state index contributed by atoms with van der Waals surface area (Å²) in [5.41, 5.74) is 1.52. The van der Waals surface area contributed by atoms with E-state index in [2.05, 4.69) is 32.2 Å². The molecule has 1 heterocycles. The molecule has 1 saturated heterocycles. The lowest BCUT2D eigenvalue weighted by molar-refractivity contribution is 0.0825. The third-order valence-electron chi connectivity index (χ3n) is 3.58. The fourth-order valence-electron chi connectivity index (χ4n) is 2.20. The zero-order valence-electron chi connectivity index (χ0n) is 10.8. The SMILES string of the molecule is CC1CCC(C=C(CNC2CC2)C(C)C)O1. The maximum atomic E-state index is 5.86. The van der Waals surface area contributed by atoms with E-state index < -0.39 is 0 Å². The smallest absolute Gasteiger partial charge is 0.0763 e. The van der Waals surface area contributed by atoms with Crippen LogP contribution in [0.4, 0.5) is 0 Å². The molecular weight excluding hydrogens is 198 g/mol. The molecule has 0 aromatic heterocycles. The van der Waals surface area contributed by atoms with Gasteiger partial charge in [-0.15, -0.1) is 0 Å². The van der Waals surface area contributed by atoms with E-state index in [4.69, 9.17) is 4.74 Å². The first-order chi connectivity index (χ1) is 7.65. The minimum absolute atomic E-state index is 0.369. The topological polar surface area (TPSA) is 21.3 Å². The Hall–Kier alpha value is -0.340. The van der Waals surface area contributed by atoms with Crippen molar-refractivity contribution >= 4 is 0 Å². The van der Waals surface area contributed by atoms with Gasteiger partial charge in [0.05, 0.1) is 12.2 Å². The Kier molecular flexibility index (Phi) is 4.04. The van der Waals surface area contributed by atoms with Crippen molar-refractivity contribution in [3.8, 4) is 0 Å². The monoisotopic (exact) mass is 223 g/mol. The van der Waals surface area contributed by atoms with Gasteiger partial charge in [0.25, 0.3) is 0 Å². The summed E-state index contributed by atoms with van der Waals surface area (Å²) < 4.78 is 5.86. The number of rotatable bonds is 5. The van der Waals surface area contributed by atoms with Gasteiger partial charge in [-0.3, -0.25) is 0 Å². The first kappa shape index (κ1) is 12.1. The summed E-state index contributed by atoms with van der Waals surface area (Å²) in [4.78, 5) is 0. The van der Waals surface area contributed by atoms with Crippen molar-refractivity contribution in [3.05, 3.63) is 11.6 Å². The van der Waals surface area contributed by atoms with Crippen LogP contribution < -0.4 is 5.32 Å². The maximum Gasteiger partial charge on any atom is 0.0763 e. The summed E-state index contributed by atoms with van der Waals surface area (Å²) in [6, 6.07) is 0.797. The van der Waals surface area contributed by atoms with Crippen LogP contribution in [0.5, 0.6) is 0 Å². The van der Waals surface area contributed by atoms with Crippen molar-refractivity contribution in [2.45, 2.75) is 64.7 Å². The molecule has 2 atom stereocenters. The molecule has 2 nitrogen and oxygen atoms in total. The second-order valence-corrected chi connectivity index (χ2v) is 5.61. The molecule has 2 heteroatoms. The van der Waals surface area contributed by atoms with E-state index in [-0.39, 0.29) is 0 Å². The molecule has 0 aromatic rings. The largest absolute Gasteiger partial charge is 0.371 e. The second-order valence-electron chi connectivity index (χ2n) is 5.61. The standard InChI is InChI=1S/C14H25NO/c1-10(2)12(9-15-13-5-6-13)8-14-7-4-11(3)16-14/h8,10-11,13-15H,4-7,9H2,1-3H3. The Labute approximate surface area is 99.4 Å². The molecule has 2 unspecified atom stereocenters. The average Bonchev–Trinajstić information content (AvgIpc) is 2.96. The van der Waals surface area contributed by atoms with Crippen LogP contribution in [0.1, 0.15) is 46.5 Å². The predicted molar refractivity (Wildman–Crippen MR) is 67.5 cm³/mol. The van der Waals surface area contributed by atoms with Crippen LogP contribution in [0, 0.1) is 5.92 Å². The fraction of sp³-hybridized carbons (Fsp3) is 0.857. The fourth-order valence-corrected chi connectivity index (χ4v) is 2.20. The Balaban J connectivity index is 1.86. The minimum atomic E-state index is 0.369. The Morgan fingerprint density at radius 3 is 2.56 bits per heavy atom. The molecule has 0 amide bonds. The lowest BCUT2D eigenvalue weighted by atomic mass is 10.0. The van der Waals surface area contributed by atoms with Crippen molar-refractivity contribution in [1.82, 2.24) is 5.32 Å². The highest BCUT2D eigenvalue weighted by molar-refractivity contribution is 5.11. The van der Waals surface area contributed by atoms with Crippen LogP contribution in [0.25, 0.3) is 0 Å². The van der Waals surface area contributed by atoms with E-state index in [0.29, 0.717) is 18.1 Å². The van der Waals surface area contributed by atoms with Gasteiger partial charge in [-0.1, -0.05) is 25.5 Å². The van der Waals surface area contributed by atoms with Crippen LogP contribution in [-0.4, -0.2) is 24.8 Å². The highest BCUT2D eigenvalue weighted by atomic mass is 16.5. The Morgan fingerprint density at radius 1 is 1.31 bits per heavy atom. The van der Waals surface area contributed by atoms with Gasteiger partial charge in [-0.2, -0.15) is 0 Å². The molecule has 1 N–H and O–H groups in total. The summed E-state index contributed by atoms with van der Waals surface area (Å²) >= 11 is 0. The lowest BCUT2D eigenvalue weighted by Crippen LogP contribution is -2.22. The van der Waals surface area contributed by atoms with Crippen LogP contribution in [-0.2, 0) is 4.74 Å². The van der Waals surface area contributed by atoms with Gasteiger partial charge in [-0.25, -0.2) is 0 Å². The van der Waals surface area contributed by atoms with Gasteiger partial charge in [0.1, 0.15) is 0 Å². The highest BCUT2D eigenvalue weighted by Crippen LogP contribution is 2.24. The third kappa shape index (κ3) is 3.60. The van der Waals surface area contributed by atoms with Gasteiger partial charge < -0.3 is 10.1 Å². The van der Waals surface area contributed by atoms with Gasteiger partial charge in [0.15, 0.2) is 0 Å². The molecule has 0 aromatic carbocycles. The molecular formula is C14H25NO. The predicted octanol–water partition coefficient (Wildman–Crippen LogP) is 2.89. The zero-order chi connectivity index (χ0) is 11.5. The van der Waals surface area contributed by atoms with Gasteiger partial charge in [-0.05, 0) is 38.5 Å². The van der Waals surface area contributed by atoms with E-state index in [9.17, 15) is 0 Å². The molecule has 2 fully saturated rings. The first-order valence-electron chi connectivity index (χ1n) is 6.74. The van der Waals surface area contributed by atoms with Crippen LogP contribution in [0.2, 0.25) is 0 Å². The number of hydrogen-bond acceptors (Lipinski definition) is 2. The van der Waals surface area contributed by atoms with Crippen molar-refractivity contribution in [3.63, 3.8) is 0 Å². The van der Waals surface area contributed by atoms with Crippen molar-refractivity contribution in [2.24, 2.45) is 5.92 Å². The van der Waals surface area contributed by atoms with E-state index >= 15 is 0 Å². The van der Waals surface area contributed by atoms with Crippen LogP contribution in [0.3, 0.4) is 0 Å². The number of nitrogens with one attached hydrogen (secondary N) is 1. The summed E-state index contributed by atoms with van der Waals surface area (Å²) in [5, 5.41) is 3.60. The summed E-state index contributed by atoms with van der Waals surface area (Å²) in [7, 11) is 0. The van der Waals surface area contributed by atoms with Gasteiger partial charge >= 0.3 is 0 Å². The number of ether oxygens (including phenoxy) is 1. The Bertz CT molecular complexity index is 255. The molecule has 1 saturated carbocycles. The second kappa shape index (κ2) is 5.33. The minimum Gasteiger partial charge on any atom is -0.371 e. The highest BCUT2D eigenvalue weighted by Gasteiger charge is 2.23. The van der Waals surface area contributed by atoms with Crippen LogP contribution >= 0.6 is 0 Å². The van der Waals surface area contributed by atoms with Gasteiger partial charge in [0, 0.05) is 12.6 Å². The van der Waals surface area contributed by atoms with Crippen molar-refractivity contribution in [1.29, 1.82) is 0 Å². The average molecular weight is 223 g/mol. The molecule has 1 aliphatic heterocycles. The van der Waals surface area contributed by atoms with E-state index in [1.165, 1.54) is 31.3 Å². The molecule has 2 rings (SSSR count). The molecule has 2 aliphatic rings. The first-order valence-corrected chi connectivity index (χ1v) is 6.74. The summed E-state index contributed by atoms with van der Waals surface area (Å²) in [6.07, 6.45) is 8.32. The molecule has 16 heavy (non-hydrogen) atoms. The quantitative estimate of drug-likeness (QED) is 0.724. The summed E-state index contributed by atoms with van der Waals surface area (Å²) in [6.45, 7) is 7.78. The van der Waals surface area contributed by atoms with Crippen molar-refractivity contribution < 1.29 is 4.74 Å². The van der Waals surface area contributed by atoms with Crippen molar-refractivity contribution in [2.75, 3.05) is 6.54 Å². The number of hydrogen-bond donors (Lipinski definition) is 1. The Morgan fingerprint density at radius 2 is 2.06 bits per heavy atom. The zero-order valence-corrected chi connectivity index (χ0v) is 10.8. The van der Waals surface area contributed by atoms with E-state index in [0.717, 1.165) is 12.6 Å². The normalized spacial score (nSPS) is 31.4. The summed E-state index contributed by atoms with van der Waals surface area (Å²) in [5.74, 6) is 0.630. The lowest BCUT2D eigenvalue weighted by Gasteiger charge is -2.15. The maximum absolute atomic E-state index is 5.86. The molecule has 1 aliphatic carbocycles.